The highest BCUT2D eigenvalue weighted by atomic mass is 32.2. The van der Waals surface area contributed by atoms with Gasteiger partial charge in [0, 0.05) is 17.1 Å². The zero-order valence-electron chi connectivity index (χ0n) is 11.2. The Morgan fingerprint density at radius 1 is 1.15 bits per heavy atom. The lowest BCUT2D eigenvalue weighted by Crippen LogP contribution is -2.17. The Bertz CT molecular complexity index is 669. The molecule has 3 nitrogen and oxygen atoms in total. The highest BCUT2D eigenvalue weighted by Crippen LogP contribution is 2.38. The topological polar surface area (TPSA) is 40.5 Å². The molecule has 102 valence electrons. The molecule has 2 aromatic rings. The highest BCUT2D eigenvalue weighted by Gasteiger charge is 2.25. The second kappa shape index (κ2) is 5.21. The SMILES string of the molecule is CSc1cccc(N2CCc3ccccc32)c1C(=O)O. The molecular weight excluding hydrogens is 270 g/mol. The van der Waals surface area contributed by atoms with Gasteiger partial charge in [-0.25, -0.2) is 4.79 Å². The summed E-state index contributed by atoms with van der Waals surface area (Å²) in [6.07, 6.45) is 2.86. The minimum Gasteiger partial charge on any atom is -0.478 e. The summed E-state index contributed by atoms with van der Waals surface area (Å²) in [4.78, 5) is 14.5. The van der Waals surface area contributed by atoms with Gasteiger partial charge in [-0.1, -0.05) is 24.3 Å². The third-order valence-electron chi connectivity index (χ3n) is 3.62. The number of para-hydroxylation sites is 1. The third-order valence-corrected chi connectivity index (χ3v) is 4.40. The van der Waals surface area contributed by atoms with Gasteiger partial charge in [0.15, 0.2) is 0 Å². The zero-order chi connectivity index (χ0) is 14.1. The van der Waals surface area contributed by atoms with Crippen molar-refractivity contribution in [3.05, 3.63) is 53.6 Å². The maximum Gasteiger partial charge on any atom is 0.338 e. The molecule has 0 bridgehead atoms. The second-order valence-corrected chi connectivity index (χ2v) is 5.54. The molecule has 0 spiro atoms. The molecule has 1 aliphatic heterocycles. The number of carboxylic acid groups (broad SMARTS) is 1. The van der Waals surface area contributed by atoms with Crippen LogP contribution >= 0.6 is 11.8 Å². The number of aromatic carboxylic acids is 1. The number of rotatable bonds is 3. The van der Waals surface area contributed by atoms with Crippen molar-refractivity contribution in [2.45, 2.75) is 11.3 Å². The highest BCUT2D eigenvalue weighted by molar-refractivity contribution is 7.98. The van der Waals surface area contributed by atoms with Crippen LogP contribution in [0.25, 0.3) is 0 Å². The Balaban J connectivity index is 2.15. The van der Waals surface area contributed by atoms with E-state index in [0.717, 1.165) is 29.2 Å². The molecule has 0 radical (unpaired) electrons. The quantitative estimate of drug-likeness (QED) is 0.871. The van der Waals surface area contributed by atoms with E-state index in [1.807, 2.05) is 36.6 Å². The molecule has 1 N–H and O–H groups in total. The number of hydrogen-bond acceptors (Lipinski definition) is 3. The van der Waals surface area contributed by atoms with Gasteiger partial charge in [0.2, 0.25) is 0 Å². The number of carboxylic acids is 1. The van der Waals surface area contributed by atoms with Gasteiger partial charge < -0.3 is 10.0 Å². The van der Waals surface area contributed by atoms with E-state index in [0.29, 0.717) is 5.56 Å². The Morgan fingerprint density at radius 2 is 1.90 bits per heavy atom. The fourth-order valence-electron chi connectivity index (χ4n) is 2.72. The third kappa shape index (κ3) is 2.06. The molecule has 0 aliphatic carbocycles. The lowest BCUT2D eigenvalue weighted by atomic mass is 10.1. The van der Waals surface area contributed by atoms with Crippen molar-refractivity contribution in [3.63, 3.8) is 0 Å². The molecule has 20 heavy (non-hydrogen) atoms. The Morgan fingerprint density at radius 3 is 2.65 bits per heavy atom. The van der Waals surface area contributed by atoms with Crippen LogP contribution in [-0.4, -0.2) is 23.9 Å². The number of nitrogens with zero attached hydrogens (tertiary/aromatic N) is 1. The van der Waals surface area contributed by atoms with Crippen LogP contribution in [0.2, 0.25) is 0 Å². The summed E-state index contributed by atoms with van der Waals surface area (Å²) in [5.41, 5.74) is 3.58. The van der Waals surface area contributed by atoms with Crippen molar-refractivity contribution < 1.29 is 9.90 Å². The van der Waals surface area contributed by atoms with Crippen molar-refractivity contribution >= 4 is 29.1 Å². The predicted octanol–water partition coefficient (Wildman–Crippen LogP) is 3.80. The second-order valence-electron chi connectivity index (χ2n) is 4.69. The summed E-state index contributed by atoms with van der Waals surface area (Å²) < 4.78 is 0. The van der Waals surface area contributed by atoms with Crippen LogP contribution in [0.4, 0.5) is 11.4 Å². The average molecular weight is 285 g/mol. The molecule has 0 fully saturated rings. The van der Waals surface area contributed by atoms with Crippen LogP contribution in [0.1, 0.15) is 15.9 Å². The number of carbonyl (C=O) groups is 1. The Kier molecular flexibility index (Phi) is 3.40. The first-order chi connectivity index (χ1) is 9.72. The maximum absolute atomic E-state index is 11.6. The zero-order valence-corrected chi connectivity index (χ0v) is 12.0. The summed E-state index contributed by atoms with van der Waals surface area (Å²) >= 11 is 1.47. The maximum atomic E-state index is 11.6. The number of hydrogen-bond donors (Lipinski definition) is 1. The standard InChI is InChI=1S/C16H15NO2S/c1-20-14-8-4-7-13(15(14)16(18)19)17-10-9-11-5-2-3-6-12(11)17/h2-8H,9-10H2,1H3,(H,18,19). The van der Waals surface area contributed by atoms with Gasteiger partial charge in [-0.05, 0) is 36.4 Å². The van der Waals surface area contributed by atoms with E-state index < -0.39 is 5.97 Å². The molecule has 1 aliphatic rings. The van der Waals surface area contributed by atoms with Crippen LogP contribution < -0.4 is 4.90 Å². The average Bonchev–Trinajstić information content (AvgIpc) is 2.90. The van der Waals surface area contributed by atoms with Gasteiger partial charge in [-0.15, -0.1) is 11.8 Å². The summed E-state index contributed by atoms with van der Waals surface area (Å²) in [6, 6.07) is 13.9. The normalized spacial score (nSPS) is 13.3. The van der Waals surface area contributed by atoms with E-state index in [-0.39, 0.29) is 0 Å². The van der Waals surface area contributed by atoms with Gasteiger partial charge in [-0.3, -0.25) is 0 Å². The van der Waals surface area contributed by atoms with Crippen molar-refractivity contribution in [3.8, 4) is 0 Å². The summed E-state index contributed by atoms with van der Waals surface area (Å²) in [6.45, 7) is 0.831. The summed E-state index contributed by atoms with van der Waals surface area (Å²) in [7, 11) is 0. The number of benzene rings is 2. The van der Waals surface area contributed by atoms with E-state index in [1.54, 1.807) is 0 Å². The molecule has 2 aromatic carbocycles. The van der Waals surface area contributed by atoms with E-state index >= 15 is 0 Å². The fourth-order valence-corrected chi connectivity index (χ4v) is 3.33. The summed E-state index contributed by atoms with van der Waals surface area (Å²) in [5, 5.41) is 9.55. The number of fused-ring (bicyclic) bond motifs is 1. The Labute approximate surface area is 122 Å². The van der Waals surface area contributed by atoms with Crippen LogP contribution in [0.5, 0.6) is 0 Å². The first-order valence-corrected chi connectivity index (χ1v) is 7.70. The molecule has 3 rings (SSSR count). The lowest BCUT2D eigenvalue weighted by molar-refractivity contribution is 0.0694. The van der Waals surface area contributed by atoms with Crippen molar-refractivity contribution in [2.24, 2.45) is 0 Å². The smallest absolute Gasteiger partial charge is 0.338 e. The first kappa shape index (κ1) is 13.1. The summed E-state index contributed by atoms with van der Waals surface area (Å²) in [5.74, 6) is -0.866. The van der Waals surface area contributed by atoms with Gasteiger partial charge >= 0.3 is 5.97 Å². The monoisotopic (exact) mass is 285 g/mol. The van der Waals surface area contributed by atoms with Crippen molar-refractivity contribution in [1.82, 2.24) is 0 Å². The molecule has 0 saturated carbocycles. The fraction of sp³-hybridized carbons (Fsp3) is 0.188. The minimum absolute atomic E-state index is 0.400. The number of thioether (sulfide) groups is 1. The minimum atomic E-state index is -0.866. The lowest BCUT2D eigenvalue weighted by Gasteiger charge is -2.22. The van der Waals surface area contributed by atoms with Gasteiger partial charge in [-0.2, -0.15) is 0 Å². The molecule has 1 heterocycles. The largest absolute Gasteiger partial charge is 0.478 e. The van der Waals surface area contributed by atoms with Gasteiger partial charge in [0.25, 0.3) is 0 Å². The van der Waals surface area contributed by atoms with Gasteiger partial charge in [0.1, 0.15) is 0 Å². The van der Waals surface area contributed by atoms with Crippen LogP contribution in [-0.2, 0) is 6.42 Å². The van der Waals surface area contributed by atoms with Gasteiger partial charge in [0.05, 0.1) is 11.3 Å². The van der Waals surface area contributed by atoms with E-state index in [9.17, 15) is 9.90 Å². The number of anilines is 2. The Hall–Kier alpha value is -1.94. The molecule has 0 atom stereocenters. The van der Waals surface area contributed by atoms with Crippen LogP contribution in [0, 0.1) is 0 Å². The van der Waals surface area contributed by atoms with E-state index in [4.69, 9.17) is 0 Å². The van der Waals surface area contributed by atoms with Crippen LogP contribution in [0.3, 0.4) is 0 Å². The molecule has 0 amide bonds. The van der Waals surface area contributed by atoms with Crippen molar-refractivity contribution in [2.75, 3.05) is 17.7 Å². The molecule has 0 unspecified atom stereocenters. The molecule has 0 saturated heterocycles. The molecule has 4 heteroatoms. The van der Waals surface area contributed by atoms with E-state index in [2.05, 4.69) is 17.0 Å². The molecular formula is C16H15NO2S. The van der Waals surface area contributed by atoms with Crippen molar-refractivity contribution in [1.29, 1.82) is 0 Å². The van der Waals surface area contributed by atoms with Crippen LogP contribution in [0.15, 0.2) is 47.4 Å². The predicted molar refractivity (Wildman–Crippen MR) is 82.3 cm³/mol. The first-order valence-electron chi connectivity index (χ1n) is 6.48. The molecule has 0 aromatic heterocycles. The van der Waals surface area contributed by atoms with E-state index in [1.165, 1.54) is 17.3 Å².